The molecule has 0 aliphatic heterocycles. The summed E-state index contributed by atoms with van der Waals surface area (Å²) in [5, 5.41) is 0. The number of nitrogens with two attached hydrogens (primary N) is 2. The molecule has 0 saturated heterocycles. The molecule has 0 aromatic heterocycles. The van der Waals surface area contributed by atoms with Crippen LogP contribution in [0.5, 0.6) is 0 Å². The third-order valence-electron chi connectivity index (χ3n) is 11.6. The van der Waals surface area contributed by atoms with E-state index >= 15 is 0 Å². The minimum Gasteiger partial charge on any atom is -0.399 e. The topological polar surface area (TPSA) is 52.0 Å². The zero-order valence-corrected chi connectivity index (χ0v) is 34.6. The summed E-state index contributed by atoms with van der Waals surface area (Å²) in [6, 6.07) is 32.0. The number of benzene rings is 4. The van der Waals surface area contributed by atoms with Gasteiger partial charge in [-0.1, -0.05) is 189 Å². The van der Waals surface area contributed by atoms with Crippen LogP contribution in [-0.2, 0) is 38.5 Å². The first-order valence-corrected chi connectivity index (χ1v) is 22.4. The molecule has 294 valence electrons. The van der Waals surface area contributed by atoms with Gasteiger partial charge in [0.05, 0.1) is 0 Å². The van der Waals surface area contributed by atoms with Crippen molar-refractivity contribution in [1.82, 2.24) is 0 Å². The molecule has 54 heavy (non-hydrogen) atoms. The van der Waals surface area contributed by atoms with Crippen molar-refractivity contribution in [2.24, 2.45) is 0 Å². The number of aryl methyl sites for hydroxylation is 4. The van der Waals surface area contributed by atoms with Crippen molar-refractivity contribution in [3.05, 3.63) is 129 Å². The first-order valence-electron chi connectivity index (χ1n) is 22.4. The molecule has 2 nitrogen and oxygen atoms in total. The molecule has 0 radical (unpaired) electrons. The molecule has 0 aliphatic carbocycles. The fraction of sp³-hybridized carbons (Fsp3) is 0.538. The first-order chi connectivity index (χ1) is 26.5. The van der Waals surface area contributed by atoms with Crippen LogP contribution in [0.1, 0.15) is 187 Å². The lowest BCUT2D eigenvalue weighted by molar-refractivity contribution is 0.540. The summed E-state index contributed by atoms with van der Waals surface area (Å²) in [6.07, 6.45) is 33.4. The minimum absolute atomic E-state index is 0.953. The Morgan fingerprint density at radius 2 is 0.574 bits per heavy atom. The summed E-state index contributed by atoms with van der Waals surface area (Å²) in [6.45, 7) is 4.53. The smallest absolute Gasteiger partial charge is 0.0346 e. The van der Waals surface area contributed by atoms with Crippen LogP contribution in [0.25, 0.3) is 0 Å². The highest BCUT2D eigenvalue weighted by atomic mass is 14.6. The number of anilines is 2. The van der Waals surface area contributed by atoms with Gasteiger partial charge in [0.2, 0.25) is 0 Å². The maximum Gasteiger partial charge on any atom is 0.0346 e. The predicted molar refractivity (Wildman–Crippen MR) is 239 cm³/mol. The zero-order valence-electron chi connectivity index (χ0n) is 34.6. The summed E-state index contributed by atoms with van der Waals surface area (Å²) < 4.78 is 0. The lowest BCUT2D eigenvalue weighted by Crippen LogP contribution is -1.98. The zero-order chi connectivity index (χ0) is 38.1. The van der Waals surface area contributed by atoms with Gasteiger partial charge in [-0.15, -0.1) is 0 Å². The molecular weight excluding hydrogens is 653 g/mol. The van der Waals surface area contributed by atoms with Crippen molar-refractivity contribution in [3.8, 4) is 0 Å². The van der Waals surface area contributed by atoms with E-state index < -0.39 is 0 Å². The fourth-order valence-corrected chi connectivity index (χ4v) is 8.00. The van der Waals surface area contributed by atoms with Gasteiger partial charge in [-0.05, 0) is 121 Å². The van der Waals surface area contributed by atoms with Gasteiger partial charge >= 0.3 is 0 Å². The van der Waals surface area contributed by atoms with E-state index in [4.69, 9.17) is 11.5 Å². The Labute approximate surface area is 332 Å². The van der Waals surface area contributed by atoms with E-state index in [0.29, 0.717) is 0 Å². The van der Waals surface area contributed by atoms with Crippen molar-refractivity contribution in [3.63, 3.8) is 0 Å². The monoisotopic (exact) mass is 729 g/mol. The van der Waals surface area contributed by atoms with E-state index in [2.05, 4.69) is 98.8 Å². The lowest BCUT2D eigenvalue weighted by atomic mass is 9.97. The summed E-state index contributed by atoms with van der Waals surface area (Å²) in [4.78, 5) is 0. The Balaban J connectivity index is 0.962. The van der Waals surface area contributed by atoms with Crippen LogP contribution in [0.4, 0.5) is 11.4 Å². The maximum atomic E-state index is 6.28. The number of nitrogen functional groups attached to an aromatic ring is 2. The summed E-state index contributed by atoms with van der Waals surface area (Å²) in [5.41, 5.74) is 25.6. The van der Waals surface area contributed by atoms with Crippen molar-refractivity contribution >= 4 is 11.4 Å². The third-order valence-corrected chi connectivity index (χ3v) is 11.6. The molecule has 0 saturated carbocycles. The van der Waals surface area contributed by atoms with Gasteiger partial charge in [0.15, 0.2) is 0 Å². The molecule has 0 aliphatic rings. The van der Waals surface area contributed by atoms with Crippen molar-refractivity contribution < 1.29 is 0 Å². The highest BCUT2D eigenvalue weighted by Crippen LogP contribution is 2.23. The molecule has 0 fully saturated rings. The van der Waals surface area contributed by atoms with E-state index in [0.717, 1.165) is 37.1 Å². The van der Waals surface area contributed by atoms with Crippen LogP contribution in [0.3, 0.4) is 0 Å². The van der Waals surface area contributed by atoms with Gasteiger partial charge in [-0.25, -0.2) is 0 Å². The van der Waals surface area contributed by atoms with Crippen LogP contribution >= 0.6 is 0 Å². The molecule has 0 spiro atoms. The van der Waals surface area contributed by atoms with E-state index in [1.54, 1.807) is 0 Å². The molecule has 2 heteroatoms. The Kier molecular flexibility index (Phi) is 21.1. The summed E-state index contributed by atoms with van der Waals surface area (Å²) >= 11 is 0. The first kappa shape index (κ1) is 43.2. The van der Waals surface area contributed by atoms with Gasteiger partial charge in [-0.3, -0.25) is 0 Å². The normalized spacial score (nSPS) is 11.4. The lowest BCUT2D eigenvalue weighted by Gasteiger charge is -2.10. The van der Waals surface area contributed by atoms with Crippen LogP contribution < -0.4 is 11.5 Å². The average Bonchev–Trinajstić information content (AvgIpc) is 3.18. The van der Waals surface area contributed by atoms with Gasteiger partial charge < -0.3 is 11.5 Å². The van der Waals surface area contributed by atoms with Gasteiger partial charge in [-0.2, -0.15) is 0 Å². The molecule has 0 amide bonds. The number of hydrogen-bond acceptors (Lipinski definition) is 2. The molecule has 4 aromatic carbocycles. The maximum absolute atomic E-state index is 6.28. The number of rotatable bonds is 29. The van der Waals surface area contributed by atoms with E-state index in [1.165, 1.54) is 186 Å². The highest BCUT2D eigenvalue weighted by Gasteiger charge is 2.06. The molecule has 0 unspecified atom stereocenters. The standard InChI is InChI=1S/C52H76N2/c1-3-5-7-21-25-49-41-47(35-37-51(49)53)39-45-31-27-43(28-32-45)23-19-17-15-13-11-9-10-12-14-16-18-20-24-44-29-33-46(34-30-44)40-48-36-38-52(54)50(42-48)26-22-8-6-4-2/h27-38,41-42H,3-26,39-40,53-54H2,1-2H3. The molecule has 0 bridgehead atoms. The van der Waals surface area contributed by atoms with Crippen LogP contribution in [0.15, 0.2) is 84.9 Å². The van der Waals surface area contributed by atoms with Crippen molar-refractivity contribution in [1.29, 1.82) is 0 Å². The van der Waals surface area contributed by atoms with Gasteiger partial charge in [0, 0.05) is 11.4 Å². The fourth-order valence-electron chi connectivity index (χ4n) is 8.00. The van der Waals surface area contributed by atoms with Crippen molar-refractivity contribution in [2.45, 2.75) is 181 Å². The molecule has 0 heterocycles. The second-order valence-electron chi connectivity index (χ2n) is 16.4. The van der Waals surface area contributed by atoms with Crippen LogP contribution in [0.2, 0.25) is 0 Å². The second kappa shape index (κ2) is 26.3. The molecule has 0 atom stereocenters. The van der Waals surface area contributed by atoms with E-state index in [9.17, 15) is 0 Å². The van der Waals surface area contributed by atoms with Crippen LogP contribution in [0, 0.1) is 0 Å². The Morgan fingerprint density at radius 3 is 0.926 bits per heavy atom. The van der Waals surface area contributed by atoms with Crippen LogP contribution in [-0.4, -0.2) is 0 Å². The van der Waals surface area contributed by atoms with Gasteiger partial charge in [0.25, 0.3) is 0 Å². The quantitative estimate of drug-likeness (QED) is 0.0432. The Bertz CT molecular complexity index is 1430. The molecule has 4 aromatic rings. The van der Waals surface area contributed by atoms with Crippen molar-refractivity contribution in [2.75, 3.05) is 11.5 Å². The highest BCUT2D eigenvalue weighted by molar-refractivity contribution is 5.50. The number of hydrogen-bond donors (Lipinski definition) is 2. The molecule has 4 rings (SSSR count). The Morgan fingerprint density at radius 1 is 0.296 bits per heavy atom. The third kappa shape index (κ3) is 17.3. The number of unbranched alkanes of at least 4 members (excludes halogenated alkanes) is 17. The summed E-state index contributed by atoms with van der Waals surface area (Å²) in [5.74, 6) is 0. The average molecular weight is 729 g/mol. The molecular formula is C52H76N2. The second-order valence-corrected chi connectivity index (χ2v) is 16.4. The van der Waals surface area contributed by atoms with Gasteiger partial charge in [0.1, 0.15) is 0 Å². The molecule has 4 N–H and O–H groups in total. The largest absolute Gasteiger partial charge is 0.399 e. The van der Waals surface area contributed by atoms with E-state index in [-0.39, 0.29) is 0 Å². The Hall–Kier alpha value is -3.52. The predicted octanol–water partition coefficient (Wildman–Crippen LogP) is 14.7. The minimum atomic E-state index is 0.953. The summed E-state index contributed by atoms with van der Waals surface area (Å²) in [7, 11) is 0. The van der Waals surface area contributed by atoms with E-state index in [1.807, 2.05) is 0 Å². The SMILES string of the molecule is CCCCCCc1cc(Cc2ccc(CCCCCCCCCCCCCCc3ccc(Cc4ccc(N)c(CCCCCC)c4)cc3)cc2)ccc1N.